The number of carbonyl (C=O) groups excluding carboxylic acids is 1. The highest BCUT2D eigenvalue weighted by Gasteiger charge is 2.19. The summed E-state index contributed by atoms with van der Waals surface area (Å²) in [5.74, 6) is 0.134. The fourth-order valence-corrected chi connectivity index (χ4v) is 3.05. The molecule has 4 nitrogen and oxygen atoms in total. The van der Waals surface area contributed by atoms with Crippen LogP contribution in [0.1, 0.15) is 16.6 Å². The van der Waals surface area contributed by atoms with E-state index < -0.39 is 0 Å². The first kappa shape index (κ1) is 16.8. The summed E-state index contributed by atoms with van der Waals surface area (Å²) in [6, 6.07) is 3.94. The number of Topliss-reactive ketones (excluding diaryl/α,β-unsaturated/α-hetero) is 1. The number of halogens is 1. The van der Waals surface area contributed by atoms with Gasteiger partial charge in [-0.25, -0.2) is 0 Å². The van der Waals surface area contributed by atoms with Crippen molar-refractivity contribution in [2.24, 2.45) is 0 Å². The molecular formula is C13H20BrNO3S. The molecule has 1 aromatic rings. The van der Waals surface area contributed by atoms with E-state index in [9.17, 15) is 4.79 Å². The SMILES string of the molecule is COCCN(CC(=O)c1ccc(Br)s1)C(C)COC. The number of rotatable bonds is 9. The van der Waals surface area contributed by atoms with Crippen LogP contribution >= 0.6 is 27.3 Å². The molecule has 6 heteroatoms. The Bertz CT molecular complexity index is 397. The Morgan fingerprint density at radius 1 is 1.42 bits per heavy atom. The van der Waals surface area contributed by atoms with Gasteiger partial charge in [-0.05, 0) is 35.0 Å². The van der Waals surface area contributed by atoms with Crippen LogP contribution in [0, 0.1) is 0 Å². The van der Waals surface area contributed by atoms with E-state index >= 15 is 0 Å². The zero-order valence-corrected chi connectivity index (χ0v) is 13.9. The van der Waals surface area contributed by atoms with Gasteiger partial charge in [0, 0.05) is 26.8 Å². The molecule has 108 valence electrons. The number of carbonyl (C=O) groups is 1. The number of methoxy groups -OCH3 is 2. The lowest BCUT2D eigenvalue weighted by atomic mass is 10.2. The van der Waals surface area contributed by atoms with E-state index in [0.29, 0.717) is 19.8 Å². The Kier molecular flexibility index (Phi) is 7.78. The quantitative estimate of drug-likeness (QED) is 0.642. The van der Waals surface area contributed by atoms with E-state index in [1.807, 2.05) is 12.1 Å². The summed E-state index contributed by atoms with van der Waals surface area (Å²) < 4.78 is 11.2. The smallest absolute Gasteiger partial charge is 0.186 e. The maximum atomic E-state index is 12.2. The van der Waals surface area contributed by atoms with E-state index in [0.717, 1.165) is 15.2 Å². The molecule has 1 heterocycles. The Morgan fingerprint density at radius 2 is 2.16 bits per heavy atom. The van der Waals surface area contributed by atoms with Crippen molar-refractivity contribution in [3.05, 3.63) is 20.8 Å². The van der Waals surface area contributed by atoms with Crippen molar-refractivity contribution in [3.8, 4) is 0 Å². The topological polar surface area (TPSA) is 38.8 Å². The van der Waals surface area contributed by atoms with Gasteiger partial charge >= 0.3 is 0 Å². The summed E-state index contributed by atoms with van der Waals surface area (Å²) in [4.78, 5) is 15.1. The van der Waals surface area contributed by atoms with E-state index in [1.54, 1.807) is 14.2 Å². The number of hydrogen-bond acceptors (Lipinski definition) is 5. The van der Waals surface area contributed by atoms with Crippen LogP contribution in [-0.2, 0) is 9.47 Å². The van der Waals surface area contributed by atoms with Crippen molar-refractivity contribution in [2.75, 3.05) is 40.5 Å². The number of thiophene rings is 1. The van der Waals surface area contributed by atoms with Gasteiger partial charge in [0.25, 0.3) is 0 Å². The number of nitrogens with zero attached hydrogens (tertiary/aromatic N) is 1. The van der Waals surface area contributed by atoms with Crippen LogP contribution in [0.15, 0.2) is 15.9 Å². The average molecular weight is 350 g/mol. The summed E-state index contributed by atoms with van der Waals surface area (Å²) in [7, 11) is 3.33. The molecule has 1 unspecified atom stereocenters. The van der Waals surface area contributed by atoms with Crippen molar-refractivity contribution in [2.45, 2.75) is 13.0 Å². The highest BCUT2D eigenvalue weighted by Crippen LogP contribution is 2.22. The average Bonchev–Trinajstić information content (AvgIpc) is 2.81. The maximum Gasteiger partial charge on any atom is 0.186 e. The standard InChI is InChI=1S/C13H20BrNO3S/c1-10(9-18-3)15(6-7-17-2)8-11(16)12-4-5-13(14)19-12/h4-5,10H,6-9H2,1-3H3. The van der Waals surface area contributed by atoms with Crippen LogP contribution < -0.4 is 0 Å². The molecule has 0 fully saturated rings. The highest BCUT2D eigenvalue weighted by molar-refractivity contribution is 9.11. The predicted molar refractivity (Wildman–Crippen MR) is 81.1 cm³/mol. The minimum absolute atomic E-state index is 0.134. The summed E-state index contributed by atoms with van der Waals surface area (Å²) in [6.07, 6.45) is 0. The fourth-order valence-electron chi connectivity index (χ4n) is 1.74. The first-order valence-corrected chi connectivity index (χ1v) is 7.70. The molecule has 0 aliphatic rings. The van der Waals surface area contributed by atoms with Crippen molar-refractivity contribution in [1.82, 2.24) is 4.90 Å². The lowest BCUT2D eigenvalue weighted by Gasteiger charge is -2.27. The third-order valence-corrected chi connectivity index (χ3v) is 4.47. The molecule has 1 atom stereocenters. The minimum atomic E-state index is 0.134. The maximum absolute atomic E-state index is 12.2. The molecule has 0 amide bonds. The molecule has 0 aliphatic carbocycles. The lowest BCUT2D eigenvalue weighted by Crippen LogP contribution is -2.41. The van der Waals surface area contributed by atoms with Crippen LogP contribution in [0.2, 0.25) is 0 Å². The zero-order valence-electron chi connectivity index (χ0n) is 11.5. The van der Waals surface area contributed by atoms with Crippen LogP contribution in [0.4, 0.5) is 0 Å². The van der Waals surface area contributed by atoms with Gasteiger partial charge < -0.3 is 9.47 Å². The van der Waals surface area contributed by atoms with E-state index in [-0.39, 0.29) is 11.8 Å². The number of hydrogen-bond donors (Lipinski definition) is 0. The van der Waals surface area contributed by atoms with Crippen molar-refractivity contribution < 1.29 is 14.3 Å². The Hall–Kier alpha value is -0.270. The minimum Gasteiger partial charge on any atom is -0.383 e. The molecule has 19 heavy (non-hydrogen) atoms. The van der Waals surface area contributed by atoms with Crippen molar-refractivity contribution >= 4 is 33.0 Å². The Labute approximate surface area is 126 Å². The van der Waals surface area contributed by atoms with Crippen LogP contribution in [0.25, 0.3) is 0 Å². The molecule has 0 aromatic carbocycles. The van der Waals surface area contributed by atoms with Crippen LogP contribution in [-0.4, -0.2) is 57.2 Å². The zero-order chi connectivity index (χ0) is 14.3. The molecule has 1 aromatic heterocycles. The first-order chi connectivity index (χ1) is 9.08. The van der Waals surface area contributed by atoms with Crippen LogP contribution in [0.5, 0.6) is 0 Å². The van der Waals surface area contributed by atoms with Gasteiger partial charge in [-0.1, -0.05) is 0 Å². The number of ketones is 1. The molecule has 0 radical (unpaired) electrons. The molecular weight excluding hydrogens is 330 g/mol. The van der Waals surface area contributed by atoms with Gasteiger partial charge in [-0.2, -0.15) is 0 Å². The van der Waals surface area contributed by atoms with Gasteiger partial charge in [0.2, 0.25) is 0 Å². The van der Waals surface area contributed by atoms with Gasteiger partial charge in [-0.3, -0.25) is 9.69 Å². The summed E-state index contributed by atoms with van der Waals surface area (Å²) >= 11 is 4.84. The van der Waals surface area contributed by atoms with Crippen molar-refractivity contribution in [3.63, 3.8) is 0 Å². The van der Waals surface area contributed by atoms with Crippen LogP contribution in [0.3, 0.4) is 0 Å². The normalized spacial score (nSPS) is 12.9. The summed E-state index contributed by atoms with van der Waals surface area (Å²) in [6.45, 7) is 4.37. The third-order valence-electron chi connectivity index (χ3n) is 2.81. The summed E-state index contributed by atoms with van der Waals surface area (Å²) in [5, 5.41) is 0. The van der Waals surface area contributed by atoms with Gasteiger partial charge in [0.05, 0.1) is 28.4 Å². The molecule has 0 saturated carbocycles. The van der Waals surface area contributed by atoms with Crippen molar-refractivity contribution in [1.29, 1.82) is 0 Å². The fraction of sp³-hybridized carbons (Fsp3) is 0.615. The molecule has 1 rings (SSSR count). The van der Waals surface area contributed by atoms with Gasteiger partial charge in [-0.15, -0.1) is 11.3 Å². The second-order valence-corrected chi connectivity index (χ2v) is 6.76. The first-order valence-electron chi connectivity index (χ1n) is 6.09. The molecule has 0 saturated heterocycles. The molecule has 0 bridgehead atoms. The monoisotopic (exact) mass is 349 g/mol. The molecule has 0 spiro atoms. The Balaban J connectivity index is 2.62. The second kappa shape index (κ2) is 8.81. The second-order valence-electron chi connectivity index (χ2n) is 4.29. The predicted octanol–water partition coefficient (Wildman–Crippen LogP) is 2.68. The van der Waals surface area contributed by atoms with E-state index in [1.165, 1.54) is 11.3 Å². The van der Waals surface area contributed by atoms with Gasteiger partial charge in [0.1, 0.15) is 0 Å². The van der Waals surface area contributed by atoms with E-state index in [4.69, 9.17) is 9.47 Å². The molecule has 0 N–H and O–H groups in total. The lowest BCUT2D eigenvalue weighted by molar-refractivity contribution is 0.0653. The van der Waals surface area contributed by atoms with Gasteiger partial charge in [0.15, 0.2) is 5.78 Å². The third kappa shape index (κ3) is 5.71. The summed E-state index contributed by atoms with van der Waals surface area (Å²) in [5.41, 5.74) is 0. The largest absolute Gasteiger partial charge is 0.383 e. The Morgan fingerprint density at radius 3 is 2.68 bits per heavy atom. The number of ether oxygens (including phenoxy) is 2. The molecule has 0 aliphatic heterocycles. The highest BCUT2D eigenvalue weighted by atomic mass is 79.9. The van der Waals surface area contributed by atoms with E-state index in [2.05, 4.69) is 27.8 Å².